The predicted octanol–water partition coefficient (Wildman–Crippen LogP) is 4.78. The van der Waals surface area contributed by atoms with Gasteiger partial charge in [-0.25, -0.2) is 0 Å². The summed E-state index contributed by atoms with van der Waals surface area (Å²) in [5, 5.41) is 3.50. The quantitative estimate of drug-likeness (QED) is 0.814. The number of ether oxygens (including phenoxy) is 2. The number of nitrogens with one attached hydrogen (secondary N) is 1. The zero-order valence-corrected chi connectivity index (χ0v) is 14.1. The van der Waals surface area contributed by atoms with Crippen LogP contribution in [-0.2, 0) is 11.3 Å². The normalized spacial score (nSPS) is 12.0. The van der Waals surface area contributed by atoms with E-state index in [-0.39, 0.29) is 6.04 Å². The predicted molar refractivity (Wildman–Crippen MR) is 89.9 cm³/mol. The Labute approximate surface area is 134 Å². The number of anilines is 1. The first-order valence-corrected chi connectivity index (χ1v) is 7.61. The topological polar surface area (TPSA) is 30.5 Å². The lowest BCUT2D eigenvalue weighted by Crippen LogP contribution is -2.07. The Hall–Kier alpha value is -1.52. The Morgan fingerprint density at radius 3 is 2.62 bits per heavy atom. The molecule has 21 heavy (non-hydrogen) atoms. The molecule has 0 radical (unpaired) electrons. The molecule has 0 aliphatic carbocycles. The molecular weight excluding hydrogens is 330 g/mol. The van der Waals surface area contributed by atoms with E-state index in [1.165, 1.54) is 5.56 Å². The smallest absolute Gasteiger partial charge is 0.133 e. The molecule has 1 unspecified atom stereocenters. The minimum Gasteiger partial charge on any atom is -0.496 e. The molecule has 1 N–H and O–H groups in total. The second-order valence-corrected chi connectivity index (χ2v) is 5.75. The Morgan fingerprint density at radius 1 is 1.14 bits per heavy atom. The van der Waals surface area contributed by atoms with Gasteiger partial charge in [0.25, 0.3) is 0 Å². The fourth-order valence-corrected chi connectivity index (χ4v) is 2.76. The van der Waals surface area contributed by atoms with Gasteiger partial charge in [0.05, 0.1) is 18.2 Å². The lowest BCUT2D eigenvalue weighted by molar-refractivity contribution is 0.185. The van der Waals surface area contributed by atoms with Gasteiger partial charge in [0.1, 0.15) is 5.75 Å². The molecule has 0 aliphatic heterocycles. The number of methoxy groups -OCH3 is 2. The molecule has 2 rings (SSSR count). The summed E-state index contributed by atoms with van der Waals surface area (Å²) < 4.78 is 11.4. The molecule has 0 aromatic heterocycles. The van der Waals surface area contributed by atoms with Crippen LogP contribution in [0.25, 0.3) is 0 Å². The Morgan fingerprint density at radius 2 is 1.95 bits per heavy atom. The van der Waals surface area contributed by atoms with Gasteiger partial charge in [-0.2, -0.15) is 0 Å². The van der Waals surface area contributed by atoms with Gasteiger partial charge in [0.15, 0.2) is 0 Å². The summed E-state index contributed by atoms with van der Waals surface area (Å²) in [5.74, 6) is 0.841. The first-order valence-electron chi connectivity index (χ1n) is 6.82. The van der Waals surface area contributed by atoms with Gasteiger partial charge < -0.3 is 14.8 Å². The van der Waals surface area contributed by atoms with Crippen LogP contribution in [0.4, 0.5) is 5.69 Å². The van der Waals surface area contributed by atoms with Gasteiger partial charge in [0.2, 0.25) is 0 Å². The number of halogens is 1. The number of hydrogen-bond acceptors (Lipinski definition) is 3. The summed E-state index contributed by atoms with van der Waals surface area (Å²) in [4.78, 5) is 0. The molecule has 0 bridgehead atoms. The highest BCUT2D eigenvalue weighted by atomic mass is 79.9. The average Bonchev–Trinajstić information content (AvgIpc) is 2.48. The maximum Gasteiger partial charge on any atom is 0.133 e. The van der Waals surface area contributed by atoms with Crippen LogP contribution < -0.4 is 10.1 Å². The van der Waals surface area contributed by atoms with Gasteiger partial charge in [-0.05, 0) is 58.2 Å². The third kappa shape index (κ3) is 4.22. The van der Waals surface area contributed by atoms with E-state index in [1.807, 2.05) is 12.1 Å². The molecular formula is C17H20BrNO2. The molecule has 0 spiro atoms. The largest absolute Gasteiger partial charge is 0.496 e. The van der Waals surface area contributed by atoms with Crippen LogP contribution in [0.1, 0.15) is 24.1 Å². The molecule has 3 nitrogen and oxygen atoms in total. The van der Waals surface area contributed by atoms with Crippen molar-refractivity contribution < 1.29 is 9.47 Å². The van der Waals surface area contributed by atoms with E-state index in [1.54, 1.807) is 14.2 Å². The van der Waals surface area contributed by atoms with Crippen molar-refractivity contribution >= 4 is 21.6 Å². The van der Waals surface area contributed by atoms with Crippen LogP contribution in [0.15, 0.2) is 46.9 Å². The lowest BCUT2D eigenvalue weighted by Gasteiger charge is -2.17. The van der Waals surface area contributed by atoms with Crippen LogP contribution >= 0.6 is 15.9 Å². The maximum atomic E-state index is 5.26. The zero-order chi connectivity index (χ0) is 15.2. The van der Waals surface area contributed by atoms with Crippen LogP contribution in [0.5, 0.6) is 5.75 Å². The summed E-state index contributed by atoms with van der Waals surface area (Å²) in [6.45, 7) is 2.76. The van der Waals surface area contributed by atoms with E-state index in [4.69, 9.17) is 9.47 Å². The maximum absolute atomic E-state index is 5.26. The SMILES string of the molecule is COCc1cccc(NC(C)c2ccc(OC)c(Br)c2)c1. The number of rotatable bonds is 6. The number of hydrogen-bond donors (Lipinski definition) is 1. The lowest BCUT2D eigenvalue weighted by atomic mass is 10.1. The fourth-order valence-electron chi connectivity index (χ4n) is 2.20. The summed E-state index contributed by atoms with van der Waals surface area (Å²) in [6.07, 6.45) is 0. The van der Waals surface area contributed by atoms with Crippen LogP contribution in [0.2, 0.25) is 0 Å². The molecule has 2 aromatic rings. The van der Waals surface area contributed by atoms with E-state index in [9.17, 15) is 0 Å². The number of benzene rings is 2. The average molecular weight is 350 g/mol. The second kappa shape index (κ2) is 7.48. The van der Waals surface area contributed by atoms with Gasteiger partial charge in [-0.3, -0.25) is 0 Å². The van der Waals surface area contributed by atoms with E-state index in [0.29, 0.717) is 6.61 Å². The Kier molecular flexibility index (Phi) is 5.65. The van der Waals surface area contributed by atoms with Gasteiger partial charge in [-0.15, -0.1) is 0 Å². The van der Waals surface area contributed by atoms with E-state index >= 15 is 0 Å². The third-order valence-electron chi connectivity index (χ3n) is 3.30. The van der Waals surface area contributed by atoms with Crippen molar-refractivity contribution in [1.82, 2.24) is 0 Å². The van der Waals surface area contributed by atoms with Crippen molar-refractivity contribution in [3.63, 3.8) is 0 Å². The van der Waals surface area contributed by atoms with Crippen LogP contribution in [0, 0.1) is 0 Å². The van der Waals surface area contributed by atoms with Gasteiger partial charge in [-0.1, -0.05) is 18.2 Å². The molecule has 0 saturated carbocycles. The first kappa shape index (κ1) is 15.9. The summed E-state index contributed by atoms with van der Waals surface area (Å²) in [5.41, 5.74) is 3.44. The van der Waals surface area contributed by atoms with Gasteiger partial charge in [0, 0.05) is 18.8 Å². The fraction of sp³-hybridized carbons (Fsp3) is 0.294. The third-order valence-corrected chi connectivity index (χ3v) is 3.92. The highest BCUT2D eigenvalue weighted by Crippen LogP contribution is 2.29. The van der Waals surface area contributed by atoms with E-state index < -0.39 is 0 Å². The Bertz CT molecular complexity index is 601. The van der Waals surface area contributed by atoms with Crippen LogP contribution in [0.3, 0.4) is 0 Å². The summed E-state index contributed by atoms with van der Waals surface area (Å²) >= 11 is 3.52. The Balaban J connectivity index is 2.12. The molecule has 0 heterocycles. The van der Waals surface area contributed by atoms with E-state index in [0.717, 1.165) is 21.5 Å². The minimum absolute atomic E-state index is 0.199. The molecule has 1 atom stereocenters. The molecule has 2 aromatic carbocycles. The highest BCUT2D eigenvalue weighted by molar-refractivity contribution is 9.10. The highest BCUT2D eigenvalue weighted by Gasteiger charge is 2.08. The molecule has 4 heteroatoms. The zero-order valence-electron chi connectivity index (χ0n) is 12.5. The van der Waals surface area contributed by atoms with Crippen molar-refractivity contribution in [3.8, 4) is 5.75 Å². The second-order valence-electron chi connectivity index (χ2n) is 4.89. The van der Waals surface area contributed by atoms with Crippen molar-refractivity contribution in [2.24, 2.45) is 0 Å². The van der Waals surface area contributed by atoms with E-state index in [2.05, 4.69) is 58.5 Å². The summed E-state index contributed by atoms with van der Waals surface area (Å²) in [6, 6.07) is 14.6. The molecule has 0 aliphatic rings. The molecule has 0 amide bonds. The molecule has 0 fully saturated rings. The summed E-state index contributed by atoms with van der Waals surface area (Å²) in [7, 11) is 3.38. The molecule has 112 valence electrons. The first-order chi connectivity index (χ1) is 10.1. The van der Waals surface area contributed by atoms with Crippen molar-refractivity contribution in [2.45, 2.75) is 19.6 Å². The van der Waals surface area contributed by atoms with Crippen molar-refractivity contribution in [2.75, 3.05) is 19.5 Å². The van der Waals surface area contributed by atoms with Crippen molar-refractivity contribution in [1.29, 1.82) is 0 Å². The van der Waals surface area contributed by atoms with Crippen LogP contribution in [-0.4, -0.2) is 14.2 Å². The minimum atomic E-state index is 0.199. The molecule has 0 saturated heterocycles. The monoisotopic (exact) mass is 349 g/mol. The standard InChI is InChI=1S/C17H20BrNO2/c1-12(14-7-8-17(21-3)16(18)10-14)19-15-6-4-5-13(9-15)11-20-2/h4-10,12,19H,11H2,1-3H3. The van der Waals surface area contributed by atoms with Crippen molar-refractivity contribution in [3.05, 3.63) is 58.1 Å². The van der Waals surface area contributed by atoms with Gasteiger partial charge >= 0.3 is 0 Å².